The van der Waals surface area contributed by atoms with Gasteiger partial charge in [-0.05, 0) is 45.3 Å². The highest BCUT2D eigenvalue weighted by Gasteiger charge is 2.17. The topological polar surface area (TPSA) is 35.2 Å². The molecule has 18 heavy (non-hydrogen) atoms. The number of rotatable bonds is 6. The van der Waals surface area contributed by atoms with Crippen LogP contribution in [0.4, 0.5) is 0 Å². The van der Waals surface area contributed by atoms with Crippen molar-refractivity contribution in [2.75, 3.05) is 33.2 Å². The van der Waals surface area contributed by atoms with Crippen LogP contribution in [0.1, 0.15) is 31.7 Å². The summed E-state index contributed by atoms with van der Waals surface area (Å²) in [6, 6.07) is 0.779. The largest absolute Gasteiger partial charge is 0.305 e. The Morgan fingerprint density at radius 3 is 3.06 bits per heavy atom. The molecule has 1 aromatic rings. The summed E-state index contributed by atoms with van der Waals surface area (Å²) in [5.41, 5.74) is 1.30. The number of hydrogen-bond donors (Lipinski definition) is 1. The van der Waals surface area contributed by atoms with Gasteiger partial charge >= 0.3 is 0 Å². The van der Waals surface area contributed by atoms with Gasteiger partial charge in [0.2, 0.25) is 0 Å². The predicted octanol–water partition coefficient (Wildman–Crippen LogP) is 1.76. The molecule has 0 spiro atoms. The third-order valence-corrected chi connectivity index (χ3v) is 4.05. The van der Waals surface area contributed by atoms with E-state index in [-0.39, 0.29) is 0 Å². The van der Waals surface area contributed by atoms with Crippen molar-refractivity contribution >= 4 is 0 Å². The third-order valence-electron chi connectivity index (χ3n) is 4.05. The summed E-state index contributed by atoms with van der Waals surface area (Å²) in [5.74, 6) is 0. The summed E-state index contributed by atoms with van der Waals surface area (Å²) in [4.78, 5) is 5.06. The minimum Gasteiger partial charge on any atom is -0.305 e. The Balaban J connectivity index is 1.63. The molecule has 0 bridgehead atoms. The van der Waals surface area contributed by atoms with E-state index in [4.69, 9.17) is 0 Å². The third kappa shape index (κ3) is 4.10. The lowest BCUT2D eigenvalue weighted by atomic mass is 10.0. The molecule has 1 aliphatic rings. The second-order valence-corrected chi connectivity index (χ2v) is 5.54. The average molecular weight is 250 g/mol. The summed E-state index contributed by atoms with van der Waals surface area (Å²) in [6.07, 6.45) is 9.15. The molecule has 0 radical (unpaired) electrons. The van der Waals surface area contributed by atoms with Gasteiger partial charge in [0.05, 0.1) is 6.20 Å². The van der Waals surface area contributed by atoms with Crippen LogP contribution < -0.4 is 0 Å². The summed E-state index contributed by atoms with van der Waals surface area (Å²) in [6.45, 7) is 7.15. The van der Waals surface area contributed by atoms with Crippen LogP contribution in [0.25, 0.3) is 0 Å². The number of nitrogens with zero attached hydrogens (tertiary/aromatic N) is 3. The molecule has 0 aromatic carbocycles. The van der Waals surface area contributed by atoms with Crippen LogP contribution in [0.15, 0.2) is 12.4 Å². The van der Waals surface area contributed by atoms with E-state index in [0.717, 1.165) is 19.0 Å². The van der Waals surface area contributed by atoms with Crippen LogP contribution in [-0.2, 0) is 6.42 Å². The summed E-state index contributed by atoms with van der Waals surface area (Å²) in [7, 11) is 2.22. The fourth-order valence-corrected chi connectivity index (χ4v) is 2.64. The van der Waals surface area contributed by atoms with Gasteiger partial charge in [-0.2, -0.15) is 5.10 Å². The number of nitrogens with one attached hydrogen (secondary N) is 1. The molecule has 4 heteroatoms. The molecular weight excluding hydrogens is 224 g/mol. The molecule has 1 aliphatic heterocycles. The molecule has 1 saturated heterocycles. The van der Waals surface area contributed by atoms with Crippen LogP contribution in [0.5, 0.6) is 0 Å². The number of piperidine rings is 1. The highest BCUT2D eigenvalue weighted by Crippen LogP contribution is 2.15. The zero-order valence-corrected chi connectivity index (χ0v) is 11.7. The Hall–Kier alpha value is -0.870. The van der Waals surface area contributed by atoms with Gasteiger partial charge in [0.25, 0.3) is 0 Å². The van der Waals surface area contributed by atoms with Crippen molar-refractivity contribution in [2.45, 2.75) is 38.6 Å². The zero-order chi connectivity index (χ0) is 12.8. The van der Waals surface area contributed by atoms with E-state index in [2.05, 4.69) is 34.0 Å². The maximum Gasteiger partial charge on any atom is 0.0519 e. The Morgan fingerprint density at radius 1 is 1.44 bits per heavy atom. The maximum atomic E-state index is 3.98. The average Bonchev–Trinajstić information content (AvgIpc) is 2.88. The van der Waals surface area contributed by atoms with Crippen molar-refractivity contribution in [1.29, 1.82) is 0 Å². The lowest BCUT2D eigenvalue weighted by molar-refractivity contribution is 0.142. The highest BCUT2D eigenvalue weighted by molar-refractivity contribution is 5.02. The molecule has 2 heterocycles. The van der Waals surface area contributed by atoms with Crippen molar-refractivity contribution in [3.05, 3.63) is 18.0 Å². The van der Waals surface area contributed by atoms with E-state index in [1.165, 1.54) is 44.5 Å². The second kappa shape index (κ2) is 6.90. The van der Waals surface area contributed by atoms with E-state index in [9.17, 15) is 0 Å². The van der Waals surface area contributed by atoms with Gasteiger partial charge in [0.15, 0.2) is 0 Å². The minimum atomic E-state index is 0.779. The Kier molecular flexibility index (Phi) is 5.20. The van der Waals surface area contributed by atoms with E-state index in [1.807, 2.05) is 12.4 Å². The molecule has 1 aromatic heterocycles. The van der Waals surface area contributed by atoms with Crippen LogP contribution in [-0.4, -0.2) is 59.3 Å². The summed E-state index contributed by atoms with van der Waals surface area (Å²) >= 11 is 0. The predicted molar refractivity (Wildman–Crippen MR) is 74.7 cm³/mol. The van der Waals surface area contributed by atoms with Crippen molar-refractivity contribution in [2.24, 2.45) is 0 Å². The number of likely N-dealkylation sites (tertiary alicyclic amines) is 1. The molecule has 102 valence electrons. The van der Waals surface area contributed by atoms with Crippen molar-refractivity contribution < 1.29 is 0 Å². The van der Waals surface area contributed by atoms with E-state index < -0.39 is 0 Å². The lowest BCUT2D eigenvalue weighted by Gasteiger charge is -2.34. The first-order chi connectivity index (χ1) is 8.75. The van der Waals surface area contributed by atoms with Crippen molar-refractivity contribution in [3.8, 4) is 0 Å². The van der Waals surface area contributed by atoms with E-state index in [1.54, 1.807) is 0 Å². The number of H-pyrrole nitrogens is 1. The highest BCUT2D eigenvalue weighted by atomic mass is 15.2. The number of aromatic nitrogens is 2. The van der Waals surface area contributed by atoms with Crippen LogP contribution in [0, 0.1) is 0 Å². The molecule has 2 rings (SSSR count). The first kappa shape index (κ1) is 13.6. The standard InChI is InChI=1S/C14H26N4/c1-13-5-3-4-7-18(13)10-9-17(2)8-6-14-11-15-16-12-14/h11-13H,3-10H2,1-2H3,(H,15,16). The van der Waals surface area contributed by atoms with Crippen LogP contribution in [0.3, 0.4) is 0 Å². The monoisotopic (exact) mass is 250 g/mol. The maximum absolute atomic E-state index is 3.98. The molecule has 0 aliphatic carbocycles. The smallest absolute Gasteiger partial charge is 0.0519 e. The van der Waals surface area contributed by atoms with E-state index in [0.29, 0.717) is 0 Å². The Bertz CT molecular complexity index is 323. The quantitative estimate of drug-likeness (QED) is 0.835. The van der Waals surface area contributed by atoms with Crippen LogP contribution >= 0.6 is 0 Å². The van der Waals surface area contributed by atoms with Gasteiger partial charge in [-0.15, -0.1) is 0 Å². The Morgan fingerprint density at radius 2 is 2.33 bits per heavy atom. The SMILES string of the molecule is CC1CCCCN1CCN(C)CCc1cn[nH]c1. The molecule has 1 fully saturated rings. The lowest BCUT2D eigenvalue weighted by Crippen LogP contribution is -2.42. The molecule has 1 N–H and O–H groups in total. The molecule has 1 atom stereocenters. The fourth-order valence-electron chi connectivity index (χ4n) is 2.64. The normalized spacial score (nSPS) is 21.6. The summed E-state index contributed by atoms with van der Waals surface area (Å²) < 4.78 is 0. The summed E-state index contributed by atoms with van der Waals surface area (Å²) in [5, 5.41) is 6.84. The Labute approximate surface area is 110 Å². The number of likely N-dealkylation sites (N-methyl/N-ethyl adjacent to an activating group) is 1. The van der Waals surface area contributed by atoms with Gasteiger partial charge in [0.1, 0.15) is 0 Å². The van der Waals surface area contributed by atoms with Gasteiger partial charge in [-0.1, -0.05) is 6.42 Å². The molecule has 0 saturated carbocycles. The minimum absolute atomic E-state index is 0.779. The van der Waals surface area contributed by atoms with Crippen molar-refractivity contribution in [1.82, 2.24) is 20.0 Å². The molecular formula is C14H26N4. The number of hydrogen-bond acceptors (Lipinski definition) is 3. The second-order valence-electron chi connectivity index (χ2n) is 5.54. The van der Waals surface area contributed by atoms with Gasteiger partial charge in [-0.3, -0.25) is 10.00 Å². The van der Waals surface area contributed by atoms with Gasteiger partial charge < -0.3 is 4.90 Å². The zero-order valence-electron chi connectivity index (χ0n) is 11.7. The first-order valence-electron chi connectivity index (χ1n) is 7.16. The molecule has 4 nitrogen and oxygen atoms in total. The number of aromatic amines is 1. The van der Waals surface area contributed by atoms with Crippen molar-refractivity contribution in [3.63, 3.8) is 0 Å². The molecule has 0 amide bonds. The van der Waals surface area contributed by atoms with Gasteiger partial charge in [-0.25, -0.2) is 0 Å². The molecule has 1 unspecified atom stereocenters. The first-order valence-corrected chi connectivity index (χ1v) is 7.16. The van der Waals surface area contributed by atoms with E-state index >= 15 is 0 Å². The van der Waals surface area contributed by atoms with Gasteiger partial charge in [0, 0.05) is 31.9 Å². The fraction of sp³-hybridized carbons (Fsp3) is 0.786. The van der Waals surface area contributed by atoms with Crippen LogP contribution in [0.2, 0.25) is 0 Å².